The highest BCUT2D eigenvalue weighted by Crippen LogP contribution is 2.38. The lowest BCUT2D eigenvalue weighted by Crippen LogP contribution is -2.20. The van der Waals surface area contributed by atoms with E-state index in [1.807, 2.05) is 0 Å². The molecule has 0 heteroatoms. The van der Waals surface area contributed by atoms with Gasteiger partial charge in [-0.1, -0.05) is 35.9 Å². The third-order valence-electron chi connectivity index (χ3n) is 4.89. The predicted octanol–water partition coefficient (Wildman–Crippen LogP) is 4.22. The highest BCUT2D eigenvalue weighted by Gasteiger charge is 2.23. The van der Waals surface area contributed by atoms with Gasteiger partial charge in [0.15, 0.2) is 0 Å². The second kappa shape index (κ2) is 4.87. The largest absolute Gasteiger partial charge is 0.0801 e. The quantitative estimate of drug-likeness (QED) is 0.718. The van der Waals surface area contributed by atoms with Crippen LogP contribution in [-0.4, -0.2) is 0 Å². The van der Waals surface area contributed by atoms with Crippen LogP contribution in [0.5, 0.6) is 0 Å². The maximum absolute atomic E-state index is 3.69. The van der Waals surface area contributed by atoms with E-state index < -0.39 is 0 Å². The van der Waals surface area contributed by atoms with Gasteiger partial charge >= 0.3 is 0 Å². The van der Waals surface area contributed by atoms with Crippen molar-refractivity contribution < 1.29 is 0 Å². The molecule has 0 aromatic heterocycles. The molecule has 1 aromatic carbocycles. The number of benzene rings is 1. The van der Waals surface area contributed by atoms with Crippen molar-refractivity contribution in [1.29, 1.82) is 0 Å². The van der Waals surface area contributed by atoms with Gasteiger partial charge in [-0.25, -0.2) is 0 Å². The number of allylic oxidation sites excluding steroid dienone is 6. The number of rotatable bonds is 1. The SMILES string of the molecule is CC(C)=c1ccc2c(c1C1=CC=CC1)C1=C([C]=2)CCCC1. The van der Waals surface area contributed by atoms with E-state index >= 15 is 0 Å². The van der Waals surface area contributed by atoms with E-state index in [1.54, 1.807) is 5.57 Å². The van der Waals surface area contributed by atoms with Crippen LogP contribution in [0, 0.1) is 0 Å². The molecule has 1 aromatic rings. The van der Waals surface area contributed by atoms with Crippen molar-refractivity contribution in [3.05, 3.63) is 57.5 Å². The molecule has 0 amide bonds. The predicted molar refractivity (Wildman–Crippen MR) is 91.0 cm³/mol. The minimum atomic E-state index is 1.07. The minimum absolute atomic E-state index is 1.07. The average Bonchev–Trinajstić information content (AvgIpc) is 3.13. The second-order valence-electron chi connectivity index (χ2n) is 6.52. The molecule has 0 saturated heterocycles. The normalized spacial score (nSPS) is 19.2. The summed E-state index contributed by atoms with van der Waals surface area (Å²) < 4.78 is 0. The smallest absolute Gasteiger partial charge is 0.00609 e. The van der Waals surface area contributed by atoms with Gasteiger partial charge in [-0.2, -0.15) is 0 Å². The molecule has 3 aliphatic carbocycles. The van der Waals surface area contributed by atoms with E-state index in [-0.39, 0.29) is 0 Å². The molecule has 0 nitrogen and oxygen atoms in total. The molecule has 0 fully saturated rings. The van der Waals surface area contributed by atoms with E-state index in [4.69, 9.17) is 0 Å². The Labute approximate surface area is 126 Å². The maximum atomic E-state index is 3.69. The van der Waals surface area contributed by atoms with Crippen LogP contribution in [0.2, 0.25) is 0 Å². The molecule has 4 rings (SSSR count). The Balaban J connectivity index is 2.06. The summed E-state index contributed by atoms with van der Waals surface area (Å²) in [6.45, 7) is 4.46. The van der Waals surface area contributed by atoms with Crippen LogP contribution in [0.4, 0.5) is 0 Å². The molecule has 0 heterocycles. The molecule has 0 saturated carbocycles. The van der Waals surface area contributed by atoms with Crippen molar-refractivity contribution in [2.75, 3.05) is 0 Å². The standard InChI is InChI=1S/C21H21/c1-14(2)18-12-11-17-13-16-9-5-6-10-19(16)21(17)20(18)15-7-3-4-8-15/h3-4,7,11-12H,5-6,8-10H2,1-2H3. The van der Waals surface area contributed by atoms with Crippen LogP contribution in [0.1, 0.15) is 57.1 Å². The fourth-order valence-corrected chi connectivity index (χ4v) is 3.88. The summed E-state index contributed by atoms with van der Waals surface area (Å²) in [6.07, 6.45) is 16.6. The topological polar surface area (TPSA) is 0 Å². The Bertz CT molecular complexity index is 822. The van der Waals surface area contributed by atoms with Gasteiger partial charge in [-0.05, 0) is 90.3 Å². The molecule has 0 unspecified atom stereocenters. The Morgan fingerprint density at radius 1 is 1.05 bits per heavy atom. The maximum Gasteiger partial charge on any atom is -0.00609 e. The van der Waals surface area contributed by atoms with E-state index in [9.17, 15) is 0 Å². The lowest BCUT2D eigenvalue weighted by molar-refractivity contribution is 0.731. The Kier molecular flexibility index (Phi) is 2.99. The highest BCUT2D eigenvalue weighted by atomic mass is 14.3. The summed E-state index contributed by atoms with van der Waals surface area (Å²) in [6, 6.07) is 4.58. The van der Waals surface area contributed by atoms with E-state index in [0.717, 1.165) is 6.42 Å². The van der Waals surface area contributed by atoms with Gasteiger partial charge < -0.3 is 0 Å². The monoisotopic (exact) mass is 273 g/mol. The van der Waals surface area contributed by atoms with Crippen LogP contribution in [0.3, 0.4) is 0 Å². The van der Waals surface area contributed by atoms with Gasteiger partial charge in [0.05, 0.1) is 0 Å². The average molecular weight is 273 g/mol. The number of fused-ring (bicyclic) bond motifs is 2. The van der Waals surface area contributed by atoms with Gasteiger partial charge in [0.2, 0.25) is 0 Å². The van der Waals surface area contributed by atoms with Gasteiger partial charge in [-0.15, -0.1) is 0 Å². The first-order valence-corrected chi connectivity index (χ1v) is 8.08. The van der Waals surface area contributed by atoms with Gasteiger partial charge in [0.1, 0.15) is 0 Å². The molecule has 3 aliphatic rings. The molecule has 21 heavy (non-hydrogen) atoms. The van der Waals surface area contributed by atoms with Crippen LogP contribution in [0.25, 0.3) is 22.8 Å². The van der Waals surface area contributed by atoms with Crippen molar-refractivity contribution in [1.82, 2.24) is 0 Å². The van der Waals surface area contributed by atoms with Crippen molar-refractivity contribution in [3.8, 4) is 0 Å². The third-order valence-corrected chi connectivity index (χ3v) is 4.89. The second-order valence-corrected chi connectivity index (χ2v) is 6.52. The number of hydrogen-bond donors (Lipinski definition) is 0. The third kappa shape index (κ3) is 1.97. The molecule has 0 bridgehead atoms. The lowest BCUT2D eigenvalue weighted by atomic mass is 9.86. The molecule has 0 aliphatic heterocycles. The first-order valence-electron chi connectivity index (χ1n) is 8.08. The molecule has 0 spiro atoms. The van der Waals surface area contributed by atoms with Crippen LogP contribution < -0.4 is 10.4 Å². The first-order chi connectivity index (χ1) is 10.3. The Morgan fingerprint density at radius 2 is 1.90 bits per heavy atom. The van der Waals surface area contributed by atoms with E-state index in [2.05, 4.69) is 50.3 Å². The van der Waals surface area contributed by atoms with Gasteiger partial charge in [-0.3, -0.25) is 0 Å². The molecular weight excluding hydrogens is 252 g/mol. The molecular formula is C21H21. The van der Waals surface area contributed by atoms with Crippen LogP contribution >= 0.6 is 0 Å². The van der Waals surface area contributed by atoms with Gasteiger partial charge in [0, 0.05) is 0 Å². The first kappa shape index (κ1) is 12.9. The zero-order chi connectivity index (χ0) is 14.4. The zero-order valence-corrected chi connectivity index (χ0v) is 12.9. The fraction of sp³-hybridized carbons (Fsp3) is 0.333. The molecule has 0 N–H and O–H groups in total. The van der Waals surface area contributed by atoms with Crippen LogP contribution in [0.15, 0.2) is 35.9 Å². The van der Waals surface area contributed by atoms with E-state index in [0.29, 0.717) is 0 Å². The highest BCUT2D eigenvalue weighted by molar-refractivity contribution is 5.91. The summed E-state index contributed by atoms with van der Waals surface area (Å²) in [7, 11) is 0. The minimum Gasteiger partial charge on any atom is -0.0801 e. The summed E-state index contributed by atoms with van der Waals surface area (Å²) in [5.41, 5.74) is 8.93. The summed E-state index contributed by atoms with van der Waals surface area (Å²) in [4.78, 5) is 0. The van der Waals surface area contributed by atoms with E-state index in [1.165, 1.54) is 64.0 Å². The van der Waals surface area contributed by atoms with Crippen molar-refractivity contribution in [2.24, 2.45) is 0 Å². The number of hydrogen-bond acceptors (Lipinski definition) is 0. The summed E-state index contributed by atoms with van der Waals surface area (Å²) >= 11 is 0. The zero-order valence-electron chi connectivity index (χ0n) is 12.9. The molecule has 1 radical (unpaired) electrons. The summed E-state index contributed by atoms with van der Waals surface area (Å²) in [5.74, 6) is 0. The Hall–Kier alpha value is -1.82. The van der Waals surface area contributed by atoms with Crippen molar-refractivity contribution in [3.63, 3.8) is 0 Å². The Morgan fingerprint density at radius 3 is 2.67 bits per heavy atom. The fourth-order valence-electron chi connectivity index (χ4n) is 3.88. The van der Waals surface area contributed by atoms with Crippen molar-refractivity contribution in [2.45, 2.75) is 46.0 Å². The summed E-state index contributed by atoms with van der Waals surface area (Å²) in [5, 5.41) is 2.75. The van der Waals surface area contributed by atoms with Crippen LogP contribution in [-0.2, 0) is 0 Å². The van der Waals surface area contributed by atoms with Gasteiger partial charge in [0.25, 0.3) is 0 Å². The van der Waals surface area contributed by atoms with Crippen molar-refractivity contribution >= 4 is 22.8 Å². The molecule has 105 valence electrons. The molecule has 0 atom stereocenters. The lowest BCUT2D eigenvalue weighted by Gasteiger charge is -2.18.